The van der Waals surface area contributed by atoms with Gasteiger partial charge in [0.1, 0.15) is 5.52 Å². The van der Waals surface area contributed by atoms with Crippen molar-refractivity contribution < 1.29 is 9.21 Å². The first-order chi connectivity index (χ1) is 13.2. The summed E-state index contributed by atoms with van der Waals surface area (Å²) in [5.74, 6) is 1.25. The molecule has 0 aliphatic heterocycles. The van der Waals surface area contributed by atoms with E-state index in [4.69, 9.17) is 16.0 Å². The molecule has 27 heavy (non-hydrogen) atoms. The van der Waals surface area contributed by atoms with Gasteiger partial charge in [-0.05, 0) is 36.6 Å². The minimum absolute atomic E-state index is 0.0609. The SMILES string of the molecule is O=C(CCC1CCCCC1)Nc1ccc2nc(-c3ccccc3Cl)oc2c1. The summed E-state index contributed by atoms with van der Waals surface area (Å²) in [4.78, 5) is 16.8. The zero-order valence-corrected chi connectivity index (χ0v) is 16.0. The fraction of sp³-hybridized carbons (Fsp3) is 0.364. The third kappa shape index (κ3) is 4.33. The number of nitrogens with one attached hydrogen (secondary N) is 1. The van der Waals surface area contributed by atoms with Crippen molar-refractivity contribution in [2.45, 2.75) is 44.9 Å². The summed E-state index contributed by atoms with van der Waals surface area (Å²) in [6, 6.07) is 13.0. The number of carbonyl (C=O) groups is 1. The van der Waals surface area contributed by atoms with Gasteiger partial charge in [-0.15, -0.1) is 0 Å². The summed E-state index contributed by atoms with van der Waals surface area (Å²) in [5, 5.41) is 3.58. The molecule has 1 N–H and O–H groups in total. The maximum atomic E-state index is 12.3. The molecule has 0 atom stereocenters. The largest absolute Gasteiger partial charge is 0.436 e. The molecule has 1 aliphatic rings. The van der Waals surface area contributed by atoms with Crippen LogP contribution in [0.25, 0.3) is 22.6 Å². The van der Waals surface area contributed by atoms with Crippen LogP contribution in [0.15, 0.2) is 46.9 Å². The monoisotopic (exact) mass is 382 g/mol. The Kier molecular flexibility index (Phi) is 5.44. The van der Waals surface area contributed by atoms with E-state index in [0.717, 1.165) is 23.2 Å². The molecule has 5 heteroatoms. The lowest BCUT2D eigenvalue weighted by Gasteiger charge is -2.20. The van der Waals surface area contributed by atoms with Gasteiger partial charge in [0.05, 0.1) is 10.6 Å². The third-order valence-corrected chi connectivity index (χ3v) is 5.61. The summed E-state index contributed by atoms with van der Waals surface area (Å²) in [6.07, 6.45) is 8.04. The van der Waals surface area contributed by atoms with Crippen molar-refractivity contribution in [1.82, 2.24) is 4.98 Å². The number of carbonyl (C=O) groups excluding carboxylic acids is 1. The number of hydrogen-bond donors (Lipinski definition) is 1. The fourth-order valence-corrected chi connectivity index (χ4v) is 4.00. The van der Waals surface area contributed by atoms with Gasteiger partial charge in [0.2, 0.25) is 11.8 Å². The fourth-order valence-electron chi connectivity index (χ4n) is 3.79. The van der Waals surface area contributed by atoms with Gasteiger partial charge in [0.25, 0.3) is 0 Å². The van der Waals surface area contributed by atoms with Crippen molar-refractivity contribution in [2.24, 2.45) is 5.92 Å². The predicted octanol–water partition coefficient (Wildman–Crippen LogP) is 6.45. The Morgan fingerprint density at radius 3 is 2.78 bits per heavy atom. The Bertz CT molecular complexity index is 944. The zero-order chi connectivity index (χ0) is 18.6. The molecule has 1 fully saturated rings. The zero-order valence-electron chi connectivity index (χ0n) is 15.2. The number of anilines is 1. The standard InChI is InChI=1S/C22H23ClN2O2/c23-18-9-5-4-8-17(18)22-25-19-12-11-16(14-20(19)27-22)24-21(26)13-10-15-6-2-1-3-7-15/h4-5,8-9,11-12,14-15H,1-3,6-7,10,13H2,(H,24,26). The highest BCUT2D eigenvalue weighted by Gasteiger charge is 2.16. The van der Waals surface area contributed by atoms with E-state index in [0.29, 0.717) is 28.8 Å². The van der Waals surface area contributed by atoms with Crippen LogP contribution in [-0.4, -0.2) is 10.9 Å². The Morgan fingerprint density at radius 2 is 1.96 bits per heavy atom. The van der Waals surface area contributed by atoms with E-state index in [1.807, 2.05) is 42.5 Å². The van der Waals surface area contributed by atoms with Crippen molar-refractivity contribution in [1.29, 1.82) is 0 Å². The van der Waals surface area contributed by atoms with Gasteiger partial charge in [-0.2, -0.15) is 0 Å². The summed E-state index contributed by atoms with van der Waals surface area (Å²) < 4.78 is 5.87. The molecule has 1 saturated carbocycles. The Labute approximate surface area is 163 Å². The molecule has 1 aromatic heterocycles. The molecule has 0 radical (unpaired) electrons. The van der Waals surface area contributed by atoms with E-state index in [1.54, 1.807) is 0 Å². The van der Waals surface area contributed by atoms with E-state index >= 15 is 0 Å². The van der Waals surface area contributed by atoms with Crippen LogP contribution in [0.1, 0.15) is 44.9 Å². The minimum atomic E-state index is 0.0609. The molecule has 4 nitrogen and oxygen atoms in total. The highest BCUT2D eigenvalue weighted by atomic mass is 35.5. The molecular formula is C22H23ClN2O2. The highest BCUT2D eigenvalue weighted by Crippen LogP contribution is 2.31. The number of oxazole rings is 1. The second-order valence-corrected chi connectivity index (χ2v) is 7.68. The molecule has 0 unspecified atom stereocenters. The summed E-state index contributed by atoms with van der Waals surface area (Å²) in [7, 11) is 0. The molecule has 0 saturated heterocycles. The van der Waals surface area contributed by atoms with Crippen LogP contribution < -0.4 is 5.32 Å². The molecule has 2 aromatic carbocycles. The number of nitrogens with zero attached hydrogens (tertiary/aromatic N) is 1. The van der Waals surface area contributed by atoms with E-state index in [1.165, 1.54) is 32.1 Å². The van der Waals surface area contributed by atoms with Crippen molar-refractivity contribution in [2.75, 3.05) is 5.32 Å². The number of aromatic nitrogens is 1. The third-order valence-electron chi connectivity index (χ3n) is 5.28. The van der Waals surface area contributed by atoms with Crippen LogP contribution in [-0.2, 0) is 4.79 Å². The molecule has 3 aromatic rings. The Balaban J connectivity index is 1.43. The van der Waals surface area contributed by atoms with Crippen molar-refractivity contribution in [3.05, 3.63) is 47.5 Å². The van der Waals surface area contributed by atoms with Crippen molar-refractivity contribution in [3.8, 4) is 11.5 Å². The van der Waals surface area contributed by atoms with Gasteiger partial charge in [-0.1, -0.05) is 55.8 Å². The molecule has 4 rings (SSSR count). The first-order valence-corrected chi connectivity index (χ1v) is 10.0. The van der Waals surface area contributed by atoms with E-state index in [9.17, 15) is 4.79 Å². The van der Waals surface area contributed by atoms with Crippen molar-refractivity contribution in [3.63, 3.8) is 0 Å². The first-order valence-electron chi connectivity index (χ1n) is 9.64. The Morgan fingerprint density at radius 1 is 1.15 bits per heavy atom. The number of rotatable bonds is 5. The lowest BCUT2D eigenvalue weighted by atomic mass is 9.86. The number of hydrogen-bond acceptors (Lipinski definition) is 3. The van der Waals surface area contributed by atoms with Gasteiger partial charge in [-0.25, -0.2) is 4.98 Å². The average molecular weight is 383 g/mol. The van der Waals surface area contributed by atoms with Gasteiger partial charge < -0.3 is 9.73 Å². The van der Waals surface area contributed by atoms with E-state index < -0.39 is 0 Å². The lowest BCUT2D eigenvalue weighted by Crippen LogP contribution is -2.14. The van der Waals surface area contributed by atoms with Crippen LogP contribution in [0, 0.1) is 5.92 Å². The summed E-state index contributed by atoms with van der Waals surface area (Å²) in [5.41, 5.74) is 2.87. The Hall–Kier alpha value is -2.33. The summed E-state index contributed by atoms with van der Waals surface area (Å²) >= 11 is 6.23. The van der Waals surface area contributed by atoms with E-state index in [2.05, 4.69) is 10.3 Å². The molecule has 1 aliphatic carbocycles. The van der Waals surface area contributed by atoms with E-state index in [-0.39, 0.29) is 5.91 Å². The quantitative estimate of drug-likeness (QED) is 0.551. The maximum Gasteiger partial charge on any atom is 0.228 e. The van der Waals surface area contributed by atoms with Gasteiger partial charge in [0.15, 0.2) is 5.58 Å². The molecule has 140 valence electrons. The van der Waals surface area contributed by atoms with Crippen LogP contribution in [0.5, 0.6) is 0 Å². The average Bonchev–Trinajstić information content (AvgIpc) is 3.10. The number of benzene rings is 2. The predicted molar refractivity (Wildman–Crippen MR) is 109 cm³/mol. The topological polar surface area (TPSA) is 55.1 Å². The molecule has 1 heterocycles. The lowest BCUT2D eigenvalue weighted by molar-refractivity contribution is -0.116. The van der Waals surface area contributed by atoms with Crippen LogP contribution in [0.4, 0.5) is 5.69 Å². The normalized spacial score (nSPS) is 15.1. The second-order valence-electron chi connectivity index (χ2n) is 7.27. The van der Waals surface area contributed by atoms with Crippen molar-refractivity contribution >= 4 is 34.3 Å². The second kappa shape index (κ2) is 8.13. The van der Waals surface area contributed by atoms with Crippen LogP contribution >= 0.6 is 11.6 Å². The van der Waals surface area contributed by atoms with Gasteiger partial charge in [0, 0.05) is 18.2 Å². The number of fused-ring (bicyclic) bond motifs is 1. The summed E-state index contributed by atoms with van der Waals surface area (Å²) in [6.45, 7) is 0. The maximum absolute atomic E-state index is 12.3. The highest BCUT2D eigenvalue weighted by molar-refractivity contribution is 6.33. The molecule has 1 amide bonds. The number of amides is 1. The minimum Gasteiger partial charge on any atom is -0.436 e. The van der Waals surface area contributed by atoms with Gasteiger partial charge in [-0.3, -0.25) is 4.79 Å². The number of halogens is 1. The van der Waals surface area contributed by atoms with Crippen LogP contribution in [0.3, 0.4) is 0 Å². The molecule has 0 bridgehead atoms. The molecule has 0 spiro atoms. The molecular weight excluding hydrogens is 360 g/mol. The smallest absolute Gasteiger partial charge is 0.228 e. The van der Waals surface area contributed by atoms with Crippen LogP contribution in [0.2, 0.25) is 5.02 Å². The first kappa shape index (κ1) is 18.1. The van der Waals surface area contributed by atoms with Gasteiger partial charge >= 0.3 is 0 Å².